The molecule has 0 amide bonds. The Balaban J connectivity index is 2.26. The van der Waals surface area contributed by atoms with Gasteiger partial charge >= 0.3 is 0 Å². The molecule has 2 nitrogen and oxygen atoms in total. The highest BCUT2D eigenvalue weighted by Crippen LogP contribution is 2.28. The smallest absolute Gasteiger partial charge is 0.125 e. The summed E-state index contributed by atoms with van der Waals surface area (Å²) in [4.78, 5) is 2.13. The fourth-order valence-corrected chi connectivity index (χ4v) is 2.42. The van der Waals surface area contributed by atoms with E-state index in [1.165, 1.54) is 11.6 Å². The predicted octanol–water partition coefficient (Wildman–Crippen LogP) is 3.61. The van der Waals surface area contributed by atoms with Crippen LogP contribution in [0.3, 0.4) is 0 Å². The number of benzene rings is 2. The molecule has 0 radical (unpaired) electrons. The third-order valence-corrected chi connectivity index (χ3v) is 3.54. The van der Waals surface area contributed by atoms with Gasteiger partial charge in [-0.1, -0.05) is 36.4 Å². The molecule has 0 heterocycles. The van der Waals surface area contributed by atoms with Gasteiger partial charge in [0.05, 0.1) is 6.04 Å². The molecule has 3 heteroatoms. The maximum absolute atomic E-state index is 13.4. The molecule has 0 aromatic heterocycles. The SMILES string of the molecule is CNCCC(c1ccccc1)N(C)c1cccc(F)c1. The number of nitrogens with zero attached hydrogens (tertiary/aromatic N) is 1. The first-order valence-electron chi connectivity index (χ1n) is 6.90. The van der Waals surface area contributed by atoms with Gasteiger partial charge in [-0.3, -0.25) is 0 Å². The Morgan fingerprint density at radius 2 is 1.85 bits per heavy atom. The Morgan fingerprint density at radius 1 is 1.10 bits per heavy atom. The molecule has 2 aromatic carbocycles. The molecule has 0 saturated carbocycles. The second kappa shape index (κ2) is 7.06. The zero-order chi connectivity index (χ0) is 14.4. The first kappa shape index (κ1) is 14.5. The molecule has 1 atom stereocenters. The topological polar surface area (TPSA) is 15.3 Å². The van der Waals surface area contributed by atoms with E-state index in [9.17, 15) is 4.39 Å². The first-order valence-corrected chi connectivity index (χ1v) is 6.90. The van der Waals surface area contributed by atoms with E-state index in [0.29, 0.717) is 0 Å². The van der Waals surface area contributed by atoms with Crippen LogP contribution in [-0.2, 0) is 0 Å². The Kier molecular flexibility index (Phi) is 5.13. The van der Waals surface area contributed by atoms with Gasteiger partial charge in [-0.25, -0.2) is 4.39 Å². The standard InChI is InChI=1S/C17H21FN2/c1-19-12-11-17(14-7-4-3-5-8-14)20(2)16-10-6-9-15(18)13-16/h3-10,13,17,19H,11-12H2,1-2H3. The fourth-order valence-electron chi connectivity index (χ4n) is 2.42. The predicted molar refractivity (Wildman–Crippen MR) is 82.5 cm³/mol. The third-order valence-electron chi connectivity index (χ3n) is 3.54. The molecular formula is C17H21FN2. The van der Waals surface area contributed by atoms with Crippen LogP contribution < -0.4 is 10.2 Å². The van der Waals surface area contributed by atoms with E-state index in [0.717, 1.165) is 18.7 Å². The van der Waals surface area contributed by atoms with Crippen molar-refractivity contribution in [3.63, 3.8) is 0 Å². The summed E-state index contributed by atoms with van der Waals surface area (Å²) >= 11 is 0. The summed E-state index contributed by atoms with van der Waals surface area (Å²) < 4.78 is 13.4. The van der Waals surface area contributed by atoms with Crippen molar-refractivity contribution in [2.45, 2.75) is 12.5 Å². The van der Waals surface area contributed by atoms with Crippen molar-refractivity contribution in [2.24, 2.45) is 0 Å². The van der Waals surface area contributed by atoms with Gasteiger partial charge in [-0.05, 0) is 43.8 Å². The molecule has 1 unspecified atom stereocenters. The highest BCUT2D eigenvalue weighted by atomic mass is 19.1. The van der Waals surface area contributed by atoms with Crippen LogP contribution >= 0.6 is 0 Å². The summed E-state index contributed by atoms with van der Waals surface area (Å²) in [6, 6.07) is 17.3. The van der Waals surface area contributed by atoms with Crippen molar-refractivity contribution in [3.05, 3.63) is 66.0 Å². The van der Waals surface area contributed by atoms with E-state index in [4.69, 9.17) is 0 Å². The van der Waals surface area contributed by atoms with Crippen LogP contribution in [0.25, 0.3) is 0 Å². The van der Waals surface area contributed by atoms with Gasteiger partial charge in [0.2, 0.25) is 0 Å². The van der Waals surface area contributed by atoms with E-state index >= 15 is 0 Å². The molecule has 0 bridgehead atoms. The number of nitrogens with one attached hydrogen (secondary N) is 1. The van der Waals surface area contributed by atoms with E-state index in [2.05, 4.69) is 22.3 Å². The third kappa shape index (κ3) is 3.58. The molecular weight excluding hydrogens is 251 g/mol. The lowest BCUT2D eigenvalue weighted by atomic mass is 10.0. The summed E-state index contributed by atoms with van der Waals surface area (Å²) in [6.45, 7) is 0.916. The highest BCUT2D eigenvalue weighted by molar-refractivity contribution is 5.48. The minimum absolute atomic E-state index is 0.199. The zero-order valence-corrected chi connectivity index (χ0v) is 12.0. The average molecular weight is 272 g/mol. The molecule has 0 aliphatic heterocycles. The molecule has 2 aromatic rings. The van der Waals surface area contributed by atoms with Crippen molar-refractivity contribution in [3.8, 4) is 0 Å². The largest absolute Gasteiger partial charge is 0.367 e. The van der Waals surface area contributed by atoms with Gasteiger partial charge in [0.25, 0.3) is 0 Å². The zero-order valence-electron chi connectivity index (χ0n) is 12.0. The Labute approximate surface area is 120 Å². The van der Waals surface area contributed by atoms with Gasteiger partial charge in [0.15, 0.2) is 0 Å². The normalized spacial score (nSPS) is 12.2. The van der Waals surface area contributed by atoms with Crippen LogP contribution in [0.1, 0.15) is 18.0 Å². The Hall–Kier alpha value is -1.87. The monoisotopic (exact) mass is 272 g/mol. The van der Waals surface area contributed by atoms with Gasteiger partial charge in [-0.15, -0.1) is 0 Å². The molecule has 0 fully saturated rings. The summed E-state index contributed by atoms with van der Waals surface area (Å²) in [5, 5.41) is 3.18. The van der Waals surface area contributed by atoms with Gasteiger partial charge < -0.3 is 10.2 Å². The fraction of sp³-hybridized carbons (Fsp3) is 0.294. The van der Waals surface area contributed by atoms with Crippen molar-refractivity contribution in [2.75, 3.05) is 25.5 Å². The number of halogens is 1. The molecule has 106 valence electrons. The summed E-state index contributed by atoms with van der Waals surface area (Å²) in [5.41, 5.74) is 2.14. The van der Waals surface area contributed by atoms with Gasteiger partial charge in [0.1, 0.15) is 5.82 Å². The van der Waals surface area contributed by atoms with Crippen LogP contribution in [-0.4, -0.2) is 20.6 Å². The first-order chi connectivity index (χ1) is 9.72. The molecule has 1 N–H and O–H groups in total. The highest BCUT2D eigenvalue weighted by Gasteiger charge is 2.17. The number of hydrogen-bond donors (Lipinski definition) is 1. The molecule has 0 aliphatic rings. The van der Waals surface area contributed by atoms with Crippen molar-refractivity contribution in [1.29, 1.82) is 0 Å². The maximum Gasteiger partial charge on any atom is 0.125 e. The average Bonchev–Trinajstić information content (AvgIpc) is 2.48. The van der Waals surface area contributed by atoms with E-state index in [1.54, 1.807) is 12.1 Å². The van der Waals surface area contributed by atoms with Crippen LogP contribution in [0.4, 0.5) is 10.1 Å². The van der Waals surface area contributed by atoms with E-state index in [1.807, 2.05) is 38.4 Å². The lowest BCUT2D eigenvalue weighted by Gasteiger charge is -2.30. The molecule has 0 spiro atoms. The minimum Gasteiger partial charge on any atom is -0.367 e. The van der Waals surface area contributed by atoms with Crippen LogP contribution in [0.2, 0.25) is 0 Å². The Morgan fingerprint density at radius 3 is 2.50 bits per heavy atom. The number of rotatable bonds is 6. The molecule has 2 rings (SSSR count). The van der Waals surface area contributed by atoms with Gasteiger partial charge in [0, 0.05) is 12.7 Å². The van der Waals surface area contributed by atoms with E-state index < -0.39 is 0 Å². The Bertz CT molecular complexity index is 528. The summed E-state index contributed by atoms with van der Waals surface area (Å²) in [6.07, 6.45) is 0.966. The van der Waals surface area contributed by atoms with Crippen molar-refractivity contribution < 1.29 is 4.39 Å². The maximum atomic E-state index is 13.4. The minimum atomic E-state index is -0.199. The summed E-state index contributed by atoms with van der Waals surface area (Å²) in [5.74, 6) is -0.199. The van der Waals surface area contributed by atoms with E-state index in [-0.39, 0.29) is 11.9 Å². The van der Waals surface area contributed by atoms with Crippen LogP contribution in [0, 0.1) is 5.82 Å². The number of hydrogen-bond acceptors (Lipinski definition) is 2. The lowest BCUT2D eigenvalue weighted by molar-refractivity contribution is 0.582. The quantitative estimate of drug-likeness (QED) is 0.864. The molecule has 20 heavy (non-hydrogen) atoms. The summed E-state index contributed by atoms with van der Waals surface area (Å²) in [7, 11) is 3.96. The van der Waals surface area contributed by atoms with Crippen LogP contribution in [0.5, 0.6) is 0 Å². The van der Waals surface area contributed by atoms with Crippen molar-refractivity contribution >= 4 is 5.69 Å². The van der Waals surface area contributed by atoms with Crippen molar-refractivity contribution in [1.82, 2.24) is 5.32 Å². The second-order valence-corrected chi connectivity index (χ2v) is 4.91. The molecule has 0 aliphatic carbocycles. The second-order valence-electron chi connectivity index (χ2n) is 4.91. The lowest BCUT2D eigenvalue weighted by Crippen LogP contribution is -2.27. The van der Waals surface area contributed by atoms with Gasteiger partial charge in [-0.2, -0.15) is 0 Å². The number of anilines is 1. The van der Waals surface area contributed by atoms with Crippen LogP contribution in [0.15, 0.2) is 54.6 Å². The molecule has 0 saturated heterocycles.